The van der Waals surface area contributed by atoms with Crippen LogP contribution in [0.3, 0.4) is 0 Å². The average Bonchev–Trinajstić information content (AvgIpc) is 3.81. The molecule has 2 aliphatic rings. The normalized spacial score (nSPS) is 13.4. The fourth-order valence-electron chi connectivity index (χ4n) is 10.1. The molecule has 9 aromatic carbocycles. The Morgan fingerprint density at radius 1 is 0.328 bits per heavy atom. The minimum atomic E-state index is -0.517. The molecule has 1 nitrogen and oxygen atoms in total. The summed E-state index contributed by atoms with van der Waals surface area (Å²) in [4.78, 5) is 0. The Balaban J connectivity index is 1.26. The van der Waals surface area contributed by atoms with E-state index in [9.17, 15) is 0 Å². The molecule has 1 heteroatoms. The van der Waals surface area contributed by atoms with Crippen molar-refractivity contribution in [3.8, 4) is 44.5 Å². The van der Waals surface area contributed by atoms with Gasteiger partial charge in [0.1, 0.15) is 0 Å². The van der Waals surface area contributed by atoms with Gasteiger partial charge in [0, 0.05) is 21.6 Å². The summed E-state index contributed by atoms with van der Waals surface area (Å²) in [5, 5.41) is 5.04. The molecule has 0 fully saturated rings. The molecular weight excluding hydrogens is 699 g/mol. The van der Waals surface area contributed by atoms with Gasteiger partial charge >= 0.3 is 0 Å². The van der Waals surface area contributed by atoms with Gasteiger partial charge in [-0.2, -0.15) is 0 Å². The molecule has 10 aromatic rings. The summed E-state index contributed by atoms with van der Waals surface area (Å²) in [6.07, 6.45) is 2.59. The van der Waals surface area contributed by atoms with Crippen molar-refractivity contribution in [3.63, 3.8) is 0 Å². The van der Waals surface area contributed by atoms with Crippen LogP contribution in [0.5, 0.6) is 0 Å². The van der Waals surface area contributed by atoms with Gasteiger partial charge in [-0.1, -0.05) is 200 Å². The lowest BCUT2D eigenvalue weighted by Crippen LogP contribution is -2.40. The van der Waals surface area contributed by atoms with Crippen molar-refractivity contribution < 1.29 is 0 Å². The van der Waals surface area contributed by atoms with Crippen molar-refractivity contribution in [3.05, 3.63) is 251 Å². The SMILES string of the molecule is C1=c2c(ccc3c2=C(n2c4ccc(-c5ccccc5)cc4c4cc(-c5ccccc5)ccc42)c2ccccc2-3)-c2ccccc2C1(c1ccccc1)c1ccccc1. The van der Waals surface area contributed by atoms with E-state index in [0.717, 1.165) is 0 Å². The number of hydrogen-bond acceptors (Lipinski definition) is 0. The minimum Gasteiger partial charge on any atom is -0.308 e. The van der Waals surface area contributed by atoms with E-state index in [-0.39, 0.29) is 0 Å². The second-order valence-electron chi connectivity index (χ2n) is 15.6. The van der Waals surface area contributed by atoms with Crippen LogP contribution in [0, 0.1) is 0 Å². The van der Waals surface area contributed by atoms with E-state index in [4.69, 9.17) is 0 Å². The van der Waals surface area contributed by atoms with Gasteiger partial charge in [0.25, 0.3) is 0 Å². The van der Waals surface area contributed by atoms with Crippen LogP contribution in [-0.4, -0.2) is 4.57 Å². The first-order chi connectivity index (χ1) is 28.8. The predicted octanol–water partition coefficient (Wildman–Crippen LogP) is 12.6. The van der Waals surface area contributed by atoms with Crippen molar-refractivity contribution in [1.29, 1.82) is 0 Å². The topological polar surface area (TPSA) is 4.93 Å². The number of nitrogens with zero attached hydrogens (tertiary/aromatic N) is 1. The van der Waals surface area contributed by atoms with Crippen LogP contribution < -0.4 is 10.4 Å². The molecule has 1 aromatic heterocycles. The van der Waals surface area contributed by atoms with Gasteiger partial charge in [-0.05, 0) is 90.7 Å². The molecule has 2 aliphatic carbocycles. The van der Waals surface area contributed by atoms with E-state index in [0.29, 0.717) is 0 Å². The zero-order valence-corrected chi connectivity index (χ0v) is 31.8. The van der Waals surface area contributed by atoms with Gasteiger partial charge < -0.3 is 4.57 Å². The third kappa shape index (κ3) is 4.71. The van der Waals surface area contributed by atoms with Gasteiger partial charge in [-0.25, -0.2) is 0 Å². The van der Waals surface area contributed by atoms with Crippen LogP contribution in [-0.2, 0) is 5.41 Å². The van der Waals surface area contributed by atoms with Gasteiger partial charge in [0.2, 0.25) is 0 Å². The summed E-state index contributed by atoms with van der Waals surface area (Å²) < 4.78 is 2.57. The number of aromatic nitrogens is 1. The maximum atomic E-state index is 2.59. The molecule has 0 amide bonds. The van der Waals surface area contributed by atoms with E-state index in [1.807, 2.05) is 0 Å². The summed E-state index contributed by atoms with van der Waals surface area (Å²) in [6, 6.07) is 80.6. The van der Waals surface area contributed by atoms with Crippen LogP contribution in [0.25, 0.3) is 78.1 Å². The van der Waals surface area contributed by atoms with Crippen molar-refractivity contribution in [2.24, 2.45) is 0 Å². The second kappa shape index (κ2) is 12.8. The molecule has 1 heterocycles. The lowest BCUT2D eigenvalue weighted by atomic mass is 9.64. The Morgan fingerprint density at radius 2 is 0.793 bits per heavy atom. The van der Waals surface area contributed by atoms with Gasteiger partial charge in [0.15, 0.2) is 0 Å². The first-order valence-electron chi connectivity index (χ1n) is 20.2. The Kier molecular flexibility index (Phi) is 7.21. The highest BCUT2D eigenvalue weighted by Gasteiger charge is 2.39. The van der Waals surface area contributed by atoms with E-state index >= 15 is 0 Å². The first-order valence-corrected chi connectivity index (χ1v) is 20.2. The lowest BCUT2D eigenvalue weighted by molar-refractivity contribution is 0.818. The van der Waals surface area contributed by atoms with Crippen LogP contribution in [0.1, 0.15) is 22.3 Å². The van der Waals surface area contributed by atoms with Crippen molar-refractivity contribution in [2.75, 3.05) is 0 Å². The minimum absolute atomic E-state index is 0.517. The molecule has 0 aliphatic heterocycles. The number of benzene rings is 9. The van der Waals surface area contributed by atoms with Gasteiger partial charge in [-0.15, -0.1) is 0 Å². The zero-order valence-electron chi connectivity index (χ0n) is 31.8. The Hall–Kier alpha value is -7.48. The zero-order chi connectivity index (χ0) is 38.2. The highest BCUT2D eigenvalue weighted by Crippen LogP contribution is 2.48. The molecule has 0 saturated heterocycles. The standard InChI is InChI=1S/C57H37N/c1-5-17-38(18-6-1)40-29-33-53-49(35-40)50-36-41(39-19-7-2-8-20-39)30-34-54(50)58(53)56-48-27-14-13-25-44(48)47-32-31-45-46-26-15-16-28-52(46)57(37-51(45)55(47)56,42-21-9-3-10-22-42)43-23-11-4-12-24-43/h1-37H. The predicted molar refractivity (Wildman–Crippen MR) is 242 cm³/mol. The van der Waals surface area contributed by atoms with E-state index in [2.05, 4.69) is 229 Å². The Labute approximate surface area is 337 Å². The van der Waals surface area contributed by atoms with Crippen molar-refractivity contribution in [2.45, 2.75) is 5.41 Å². The molecule has 58 heavy (non-hydrogen) atoms. The smallest absolute Gasteiger partial charge is 0.0647 e. The molecule has 0 radical (unpaired) electrons. The highest BCUT2D eigenvalue weighted by atomic mass is 15.0. The van der Waals surface area contributed by atoms with Gasteiger partial charge in [0.05, 0.1) is 22.1 Å². The van der Waals surface area contributed by atoms with Crippen LogP contribution in [0.15, 0.2) is 218 Å². The maximum Gasteiger partial charge on any atom is 0.0647 e. The monoisotopic (exact) mass is 735 g/mol. The summed E-state index contributed by atoms with van der Waals surface area (Å²) >= 11 is 0. The second-order valence-corrected chi connectivity index (χ2v) is 15.6. The fraction of sp³-hybridized carbons (Fsp3) is 0.0175. The molecule has 12 rings (SSSR count). The third-order valence-corrected chi connectivity index (χ3v) is 12.6. The molecule has 0 unspecified atom stereocenters. The maximum absolute atomic E-state index is 2.59. The molecule has 0 atom stereocenters. The summed E-state index contributed by atoms with van der Waals surface area (Å²) in [5.41, 5.74) is 18.1. The average molecular weight is 736 g/mol. The van der Waals surface area contributed by atoms with Crippen LogP contribution in [0.2, 0.25) is 0 Å². The lowest BCUT2D eigenvalue weighted by Gasteiger charge is -2.37. The quantitative estimate of drug-likeness (QED) is 0.166. The van der Waals surface area contributed by atoms with E-state index in [1.165, 1.54) is 105 Å². The number of fused-ring (bicyclic) bond motifs is 10. The summed E-state index contributed by atoms with van der Waals surface area (Å²) in [6.45, 7) is 0. The van der Waals surface area contributed by atoms with Gasteiger partial charge in [-0.3, -0.25) is 0 Å². The molecular formula is C57H37N. The highest BCUT2D eigenvalue weighted by molar-refractivity contribution is 6.14. The largest absolute Gasteiger partial charge is 0.308 e. The molecule has 270 valence electrons. The molecule has 0 spiro atoms. The van der Waals surface area contributed by atoms with E-state index in [1.54, 1.807) is 0 Å². The van der Waals surface area contributed by atoms with Crippen LogP contribution >= 0.6 is 0 Å². The number of hydrogen-bond donors (Lipinski definition) is 0. The third-order valence-electron chi connectivity index (χ3n) is 12.6. The summed E-state index contributed by atoms with van der Waals surface area (Å²) in [5.74, 6) is 0. The van der Waals surface area contributed by atoms with Crippen LogP contribution in [0.4, 0.5) is 0 Å². The molecule has 0 saturated carbocycles. The number of rotatable bonds is 5. The Morgan fingerprint density at radius 3 is 1.36 bits per heavy atom. The van der Waals surface area contributed by atoms with Crippen molar-refractivity contribution >= 4 is 33.6 Å². The summed E-state index contributed by atoms with van der Waals surface area (Å²) in [7, 11) is 0. The molecule has 0 bridgehead atoms. The van der Waals surface area contributed by atoms with Crippen molar-refractivity contribution in [1.82, 2.24) is 4.57 Å². The molecule has 0 N–H and O–H groups in total. The fourth-order valence-corrected chi connectivity index (χ4v) is 10.1. The first kappa shape index (κ1) is 32.7. The Bertz CT molecular complexity index is 3220. The van der Waals surface area contributed by atoms with E-state index < -0.39 is 5.41 Å².